The highest BCUT2D eigenvalue weighted by Crippen LogP contribution is 2.21. The van der Waals surface area contributed by atoms with Crippen LogP contribution in [0.15, 0.2) is 18.5 Å². The van der Waals surface area contributed by atoms with Gasteiger partial charge in [0.15, 0.2) is 0 Å². The van der Waals surface area contributed by atoms with Gasteiger partial charge in [0.05, 0.1) is 0 Å². The summed E-state index contributed by atoms with van der Waals surface area (Å²) in [6, 6.07) is 2.15. The van der Waals surface area contributed by atoms with Crippen LogP contribution in [0.25, 0.3) is 0 Å². The molecule has 0 aliphatic rings. The monoisotopic (exact) mass is 209 g/mol. The lowest BCUT2D eigenvalue weighted by Gasteiger charge is -2.24. The maximum absolute atomic E-state index is 3.49. The van der Waals surface area contributed by atoms with Crippen molar-refractivity contribution in [3.05, 3.63) is 24.0 Å². The van der Waals surface area contributed by atoms with Gasteiger partial charge >= 0.3 is 0 Å². The fourth-order valence-corrected chi connectivity index (χ4v) is 1.64. The second-order valence-corrected chi connectivity index (χ2v) is 4.62. The zero-order valence-electron chi connectivity index (χ0n) is 10.1. The van der Waals surface area contributed by atoms with Crippen LogP contribution < -0.4 is 10.6 Å². The molecule has 15 heavy (non-hydrogen) atoms. The van der Waals surface area contributed by atoms with Crippen molar-refractivity contribution in [1.29, 1.82) is 0 Å². The zero-order valence-corrected chi connectivity index (χ0v) is 10.1. The third-order valence-electron chi connectivity index (χ3n) is 2.73. The molecule has 3 N–H and O–H groups in total. The fraction of sp³-hybridized carbons (Fsp3) is 0.667. The number of hydrogen-bond acceptors (Lipinski definition) is 2. The summed E-state index contributed by atoms with van der Waals surface area (Å²) in [6.07, 6.45) is 5.24. The Kier molecular flexibility index (Phi) is 4.85. The van der Waals surface area contributed by atoms with Crippen LogP contribution in [0.2, 0.25) is 0 Å². The van der Waals surface area contributed by atoms with Gasteiger partial charge in [0.2, 0.25) is 0 Å². The molecule has 0 aliphatic carbocycles. The number of aromatic nitrogens is 1. The number of nitrogens with one attached hydrogen (secondary N) is 3. The average Bonchev–Trinajstić information content (AvgIpc) is 2.70. The second kappa shape index (κ2) is 5.93. The highest BCUT2D eigenvalue weighted by atomic mass is 14.9. The average molecular weight is 209 g/mol. The molecule has 3 heteroatoms. The maximum Gasteiger partial charge on any atom is 0.00437 e. The van der Waals surface area contributed by atoms with E-state index < -0.39 is 0 Å². The lowest BCUT2D eigenvalue weighted by molar-refractivity contribution is 0.465. The molecule has 0 radical (unpaired) electrons. The van der Waals surface area contributed by atoms with Gasteiger partial charge in [-0.15, -0.1) is 0 Å². The first-order chi connectivity index (χ1) is 7.17. The Balaban J connectivity index is 2.25. The Bertz CT molecular complexity index is 252. The van der Waals surface area contributed by atoms with Crippen molar-refractivity contribution >= 4 is 0 Å². The Morgan fingerprint density at radius 1 is 1.33 bits per heavy atom. The van der Waals surface area contributed by atoms with Gasteiger partial charge < -0.3 is 15.6 Å². The van der Waals surface area contributed by atoms with Crippen LogP contribution in [0.4, 0.5) is 0 Å². The number of H-pyrrole nitrogens is 1. The molecule has 0 aromatic carbocycles. The third-order valence-corrected chi connectivity index (χ3v) is 2.73. The molecule has 0 spiro atoms. The Morgan fingerprint density at radius 2 is 2.13 bits per heavy atom. The lowest BCUT2D eigenvalue weighted by Crippen LogP contribution is -2.33. The first kappa shape index (κ1) is 12.3. The molecule has 0 saturated heterocycles. The molecule has 0 atom stereocenters. The maximum atomic E-state index is 3.49. The van der Waals surface area contributed by atoms with Crippen LogP contribution in [-0.4, -0.2) is 31.7 Å². The van der Waals surface area contributed by atoms with E-state index in [0.29, 0.717) is 0 Å². The van der Waals surface area contributed by atoms with E-state index in [1.807, 2.05) is 13.2 Å². The van der Waals surface area contributed by atoms with Gasteiger partial charge in [-0.05, 0) is 38.2 Å². The van der Waals surface area contributed by atoms with Gasteiger partial charge in [0.25, 0.3) is 0 Å². The molecule has 1 rings (SSSR count). The van der Waals surface area contributed by atoms with E-state index >= 15 is 0 Å². The molecular weight excluding hydrogens is 186 g/mol. The van der Waals surface area contributed by atoms with E-state index in [2.05, 4.69) is 41.7 Å². The molecule has 1 heterocycles. The lowest BCUT2D eigenvalue weighted by atomic mass is 9.86. The minimum Gasteiger partial charge on any atom is -0.367 e. The van der Waals surface area contributed by atoms with Gasteiger partial charge in [-0.25, -0.2) is 0 Å². The fourth-order valence-electron chi connectivity index (χ4n) is 1.64. The molecule has 0 bridgehead atoms. The van der Waals surface area contributed by atoms with Crippen molar-refractivity contribution in [2.24, 2.45) is 0 Å². The summed E-state index contributed by atoms with van der Waals surface area (Å²) in [5.74, 6) is 0. The van der Waals surface area contributed by atoms with E-state index in [1.54, 1.807) is 0 Å². The number of aromatic amines is 1. The minimum atomic E-state index is 0.208. The van der Waals surface area contributed by atoms with Crippen LogP contribution in [0, 0.1) is 0 Å². The Hall–Kier alpha value is -0.800. The highest BCUT2D eigenvalue weighted by molar-refractivity contribution is 5.20. The summed E-state index contributed by atoms with van der Waals surface area (Å²) in [6.45, 7) is 7.71. The Morgan fingerprint density at radius 3 is 2.73 bits per heavy atom. The normalized spacial score (nSPS) is 11.9. The zero-order chi connectivity index (χ0) is 11.1. The molecule has 0 unspecified atom stereocenters. The van der Waals surface area contributed by atoms with Gasteiger partial charge in [-0.1, -0.05) is 13.8 Å². The summed E-state index contributed by atoms with van der Waals surface area (Å²) in [5, 5.41) is 6.64. The van der Waals surface area contributed by atoms with Gasteiger partial charge in [0.1, 0.15) is 0 Å². The van der Waals surface area contributed by atoms with Gasteiger partial charge in [-0.2, -0.15) is 0 Å². The topological polar surface area (TPSA) is 39.8 Å². The molecule has 0 fully saturated rings. The van der Waals surface area contributed by atoms with Crippen molar-refractivity contribution in [1.82, 2.24) is 15.6 Å². The van der Waals surface area contributed by atoms with Crippen LogP contribution in [0.3, 0.4) is 0 Å². The van der Waals surface area contributed by atoms with Crippen LogP contribution in [0.1, 0.15) is 25.8 Å². The van der Waals surface area contributed by atoms with E-state index in [0.717, 1.165) is 19.6 Å². The summed E-state index contributed by atoms with van der Waals surface area (Å²) in [5.41, 5.74) is 1.57. The SMILES string of the molecule is CNCCCNCC(C)(C)c1cc[nH]c1. The molecule has 86 valence electrons. The summed E-state index contributed by atoms with van der Waals surface area (Å²) < 4.78 is 0. The van der Waals surface area contributed by atoms with Crippen LogP contribution in [-0.2, 0) is 5.41 Å². The first-order valence-electron chi connectivity index (χ1n) is 5.65. The molecular formula is C12H23N3. The van der Waals surface area contributed by atoms with Crippen molar-refractivity contribution in [3.63, 3.8) is 0 Å². The van der Waals surface area contributed by atoms with E-state index in [-0.39, 0.29) is 5.41 Å². The van der Waals surface area contributed by atoms with E-state index in [4.69, 9.17) is 0 Å². The number of rotatable bonds is 7. The predicted molar refractivity (Wildman–Crippen MR) is 65.2 cm³/mol. The number of hydrogen-bond donors (Lipinski definition) is 3. The molecule has 0 amide bonds. The third kappa shape index (κ3) is 4.06. The minimum absolute atomic E-state index is 0.208. The van der Waals surface area contributed by atoms with Gasteiger partial charge in [-0.3, -0.25) is 0 Å². The Labute approximate surface area is 92.7 Å². The van der Waals surface area contributed by atoms with Crippen molar-refractivity contribution in [3.8, 4) is 0 Å². The van der Waals surface area contributed by atoms with E-state index in [1.165, 1.54) is 12.0 Å². The molecule has 1 aromatic rings. The first-order valence-corrected chi connectivity index (χ1v) is 5.65. The molecule has 0 aliphatic heterocycles. The van der Waals surface area contributed by atoms with Crippen LogP contribution >= 0.6 is 0 Å². The van der Waals surface area contributed by atoms with Gasteiger partial charge in [0, 0.05) is 24.4 Å². The quantitative estimate of drug-likeness (QED) is 0.595. The second-order valence-electron chi connectivity index (χ2n) is 4.62. The smallest absolute Gasteiger partial charge is 0.00437 e. The predicted octanol–water partition coefficient (Wildman–Crippen LogP) is 1.49. The van der Waals surface area contributed by atoms with Crippen molar-refractivity contribution in [2.75, 3.05) is 26.7 Å². The largest absolute Gasteiger partial charge is 0.367 e. The summed E-state index contributed by atoms with van der Waals surface area (Å²) in [4.78, 5) is 3.11. The van der Waals surface area contributed by atoms with E-state index in [9.17, 15) is 0 Å². The highest BCUT2D eigenvalue weighted by Gasteiger charge is 2.19. The molecule has 3 nitrogen and oxygen atoms in total. The summed E-state index contributed by atoms with van der Waals surface area (Å²) >= 11 is 0. The summed E-state index contributed by atoms with van der Waals surface area (Å²) in [7, 11) is 1.99. The molecule has 1 aromatic heterocycles. The van der Waals surface area contributed by atoms with Crippen molar-refractivity contribution < 1.29 is 0 Å². The molecule has 0 saturated carbocycles. The standard InChI is InChI=1S/C12H23N3/c1-12(2,11-5-8-14-9-11)10-15-7-4-6-13-3/h5,8-9,13-15H,4,6-7,10H2,1-3H3. The van der Waals surface area contributed by atoms with Crippen molar-refractivity contribution in [2.45, 2.75) is 25.7 Å². The van der Waals surface area contributed by atoms with Crippen LogP contribution in [0.5, 0.6) is 0 Å².